The van der Waals surface area contributed by atoms with Crippen LogP contribution in [0.5, 0.6) is 5.75 Å². The van der Waals surface area contributed by atoms with E-state index in [4.69, 9.17) is 15.2 Å². The molecule has 1 saturated heterocycles. The number of nitrogens with zero attached hydrogens (tertiary/aromatic N) is 4. The van der Waals surface area contributed by atoms with Gasteiger partial charge in [-0.05, 0) is 29.5 Å². The number of rotatable bonds is 9. The molecule has 3 aromatic heterocycles. The number of anilines is 1. The molecule has 1 aliphatic rings. The lowest BCUT2D eigenvalue weighted by Crippen LogP contribution is -2.43. The summed E-state index contributed by atoms with van der Waals surface area (Å²) in [5, 5.41) is 18.5. The minimum Gasteiger partial charge on any atom is -0.495 e. The van der Waals surface area contributed by atoms with Crippen LogP contribution in [0.15, 0.2) is 24.5 Å². The van der Waals surface area contributed by atoms with Gasteiger partial charge in [-0.15, -0.1) is 36.2 Å². The molecule has 0 bridgehead atoms. The van der Waals surface area contributed by atoms with Crippen LogP contribution in [-0.2, 0) is 24.3 Å². The number of thiophene rings is 1. The molecular weight excluding hydrogens is 535 g/mol. The quantitative estimate of drug-likeness (QED) is 0.263. The third-order valence-electron chi connectivity index (χ3n) is 6.54. The van der Waals surface area contributed by atoms with Gasteiger partial charge < -0.3 is 25.6 Å². The lowest BCUT2D eigenvalue weighted by molar-refractivity contribution is 0.0808. The Morgan fingerprint density at radius 1 is 1.19 bits per heavy atom. The third kappa shape index (κ3) is 5.80. The van der Waals surface area contributed by atoms with Crippen LogP contribution in [0.4, 0.5) is 5.82 Å². The number of hydrogen-bond donors (Lipinski definition) is 3. The van der Waals surface area contributed by atoms with E-state index in [-0.39, 0.29) is 38.0 Å². The number of nitrogens with two attached hydrogens (primary N) is 1. The van der Waals surface area contributed by atoms with Gasteiger partial charge in [-0.3, -0.25) is 4.90 Å². The minimum absolute atomic E-state index is 0. The van der Waals surface area contributed by atoms with Crippen molar-refractivity contribution in [2.75, 3.05) is 52.2 Å². The van der Waals surface area contributed by atoms with E-state index < -0.39 is 0 Å². The highest BCUT2D eigenvalue weighted by Gasteiger charge is 2.26. The second kappa shape index (κ2) is 13.1. The van der Waals surface area contributed by atoms with Crippen LogP contribution in [0.25, 0.3) is 26.0 Å². The molecule has 1 fully saturated rings. The molecular formula is C25H34Cl2N6O3S. The molecule has 4 aromatic rings. The zero-order valence-electron chi connectivity index (χ0n) is 21.0. The largest absolute Gasteiger partial charge is 0.495 e. The molecule has 12 heteroatoms. The average molecular weight is 570 g/mol. The Labute approximate surface area is 232 Å². The molecule has 4 heterocycles. The first-order valence-corrected chi connectivity index (χ1v) is 12.8. The standard InChI is InChI=1S/C25H32N6O3S.2ClH/c1-3-16-10-17-12-21(35-24(17)20(11-16)33-2)22-18(14-34-9-8-32)19(13-30-6-4-27-5-7-30)31-23(22)25(26)28-15-29-31;;/h10-12,15,27,32H,3-9,13-14H2,1-2H3,(H2,26,28,29);2*1H. The summed E-state index contributed by atoms with van der Waals surface area (Å²) in [5.41, 5.74) is 11.6. The van der Waals surface area contributed by atoms with Crippen molar-refractivity contribution in [3.8, 4) is 16.2 Å². The second-order valence-electron chi connectivity index (χ2n) is 8.69. The molecule has 0 saturated carbocycles. The Bertz CT molecular complexity index is 1340. The van der Waals surface area contributed by atoms with Gasteiger partial charge in [0.2, 0.25) is 0 Å². The fourth-order valence-corrected chi connectivity index (χ4v) is 5.99. The highest BCUT2D eigenvalue weighted by molar-refractivity contribution is 7.22. The van der Waals surface area contributed by atoms with E-state index in [0.717, 1.165) is 82.2 Å². The SMILES string of the molecule is CCc1cc(OC)c2sc(-c3c(COCCO)c(CN4CCNCC4)n4ncnc(N)c34)cc2c1.Cl.Cl. The van der Waals surface area contributed by atoms with E-state index in [1.807, 2.05) is 4.52 Å². The molecule has 0 radical (unpaired) electrons. The number of hydrogen-bond acceptors (Lipinski definition) is 9. The van der Waals surface area contributed by atoms with Gasteiger partial charge in [-0.2, -0.15) is 5.10 Å². The van der Waals surface area contributed by atoms with Crippen LogP contribution in [-0.4, -0.2) is 71.1 Å². The second-order valence-corrected chi connectivity index (χ2v) is 9.74. The van der Waals surface area contributed by atoms with Gasteiger partial charge in [-0.1, -0.05) is 13.0 Å². The first kappa shape index (κ1) is 29.4. The summed E-state index contributed by atoms with van der Waals surface area (Å²) in [6.07, 6.45) is 2.44. The zero-order chi connectivity index (χ0) is 24.4. The van der Waals surface area contributed by atoms with Crippen LogP contribution in [0.2, 0.25) is 0 Å². The van der Waals surface area contributed by atoms with Gasteiger partial charge in [0.15, 0.2) is 5.82 Å². The smallest absolute Gasteiger partial charge is 0.152 e. The molecule has 0 atom stereocenters. The molecule has 0 spiro atoms. The Hall–Kier alpha value is -2.18. The number of nitrogens with one attached hydrogen (secondary N) is 1. The van der Waals surface area contributed by atoms with Crippen molar-refractivity contribution < 1.29 is 14.6 Å². The highest BCUT2D eigenvalue weighted by Crippen LogP contribution is 2.44. The van der Waals surface area contributed by atoms with E-state index in [1.54, 1.807) is 18.4 Å². The van der Waals surface area contributed by atoms with Gasteiger partial charge in [0.05, 0.1) is 37.3 Å². The van der Waals surface area contributed by atoms with E-state index in [9.17, 15) is 5.11 Å². The monoisotopic (exact) mass is 568 g/mol. The summed E-state index contributed by atoms with van der Waals surface area (Å²) in [6, 6.07) is 6.53. The number of halogens is 2. The first-order chi connectivity index (χ1) is 17.1. The molecule has 0 aliphatic carbocycles. The van der Waals surface area contributed by atoms with Crippen molar-refractivity contribution >= 4 is 57.6 Å². The average Bonchev–Trinajstić information content (AvgIpc) is 3.44. The Morgan fingerprint density at radius 2 is 1.97 bits per heavy atom. The fourth-order valence-electron chi connectivity index (χ4n) is 4.78. The maximum Gasteiger partial charge on any atom is 0.152 e. The van der Waals surface area contributed by atoms with Crippen LogP contribution in [0.3, 0.4) is 0 Å². The molecule has 4 N–H and O–H groups in total. The number of benzene rings is 1. The van der Waals surface area contributed by atoms with Crippen LogP contribution in [0.1, 0.15) is 23.7 Å². The summed E-state index contributed by atoms with van der Waals surface area (Å²) < 4.78 is 14.6. The molecule has 0 unspecified atom stereocenters. The van der Waals surface area contributed by atoms with Gasteiger partial charge in [0.1, 0.15) is 17.6 Å². The summed E-state index contributed by atoms with van der Waals surface area (Å²) >= 11 is 1.68. The van der Waals surface area contributed by atoms with Gasteiger partial charge in [0.25, 0.3) is 0 Å². The van der Waals surface area contributed by atoms with Gasteiger partial charge >= 0.3 is 0 Å². The van der Waals surface area contributed by atoms with Crippen LogP contribution in [0, 0.1) is 0 Å². The molecule has 1 aliphatic heterocycles. The Morgan fingerprint density at radius 3 is 2.68 bits per heavy atom. The number of aromatic nitrogens is 3. The van der Waals surface area contributed by atoms with Crippen molar-refractivity contribution in [1.82, 2.24) is 24.8 Å². The number of piperazine rings is 1. The third-order valence-corrected chi connectivity index (χ3v) is 7.73. The Balaban J connectivity index is 0.00000190. The molecule has 9 nitrogen and oxygen atoms in total. The number of aryl methyl sites for hydroxylation is 1. The van der Waals surface area contributed by atoms with Crippen molar-refractivity contribution in [2.45, 2.75) is 26.5 Å². The van der Waals surface area contributed by atoms with Crippen LogP contribution >= 0.6 is 36.2 Å². The van der Waals surface area contributed by atoms with Gasteiger partial charge in [0, 0.05) is 48.7 Å². The number of aliphatic hydroxyl groups excluding tert-OH is 1. The van der Waals surface area contributed by atoms with E-state index in [2.05, 4.69) is 45.4 Å². The molecule has 0 amide bonds. The topological polar surface area (TPSA) is 110 Å². The van der Waals surface area contributed by atoms with Crippen molar-refractivity contribution in [1.29, 1.82) is 0 Å². The zero-order valence-corrected chi connectivity index (χ0v) is 23.5. The number of aliphatic hydroxyl groups is 1. The maximum atomic E-state index is 9.35. The summed E-state index contributed by atoms with van der Waals surface area (Å²) in [6.45, 7) is 7.29. The molecule has 202 valence electrons. The minimum atomic E-state index is -0.0301. The van der Waals surface area contributed by atoms with Crippen molar-refractivity contribution in [2.24, 2.45) is 0 Å². The van der Waals surface area contributed by atoms with Crippen molar-refractivity contribution in [3.63, 3.8) is 0 Å². The number of methoxy groups -OCH3 is 1. The lowest BCUT2D eigenvalue weighted by atomic mass is 10.1. The van der Waals surface area contributed by atoms with Gasteiger partial charge in [-0.25, -0.2) is 9.50 Å². The maximum absolute atomic E-state index is 9.35. The fraction of sp³-hybridized carbons (Fsp3) is 0.440. The molecule has 37 heavy (non-hydrogen) atoms. The predicted octanol–water partition coefficient (Wildman–Crippen LogP) is 3.52. The predicted molar refractivity (Wildman–Crippen MR) is 154 cm³/mol. The van der Waals surface area contributed by atoms with E-state index in [1.165, 1.54) is 11.9 Å². The summed E-state index contributed by atoms with van der Waals surface area (Å²) in [5.74, 6) is 1.31. The van der Waals surface area contributed by atoms with E-state index >= 15 is 0 Å². The summed E-state index contributed by atoms with van der Waals surface area (Å²) in [4.78, 5) is 7.81. The van der Waals surface area contributed by atoms with Crippen molar-refractivity contribution in [3.05, 3.63) is 41.3 Å². The normalized spacial score (nSPS) is 14.0. The Kier molecular flexibility index (Phi) is 10.4. The highest BCUT2D eigenvalue weighted by atomic mass is 35.5. The summed E-state index contributed by atoms with van der Waals surface area (Å²) in [7, 11) is 1.72. The lowest BCUT2D eigenvalue weighted by Gasteiger charge is -2.27. The first-order valence-electron chi connectivity index (χ1n) is 12.0. The molecule has 1 aromatic carbocycles. The van der Waals surface area contributed by atoms with E-state index in [0.29, 0.717) is 12.4 Å². The number of ether oxygens (including phenoxy) is 2. The van der Waals surface area contributed by atoms with Crippen LogP contribution < -0.4 is 15.8 Å². The molecule has 5 rings (SSSR count). The number of fused-ring (bicyclic) bond motifs is 2. The number of nitrogen functional groups attached to an aromatic ring is 1.